The second-order valence-electron chi connectivity index (χ2n) is 12.9. The lowest BCUT2D eigenvalue weighted by Crippen LogP contribution is -2.37. The second kappa shape index (κ2) is 13.4. The predicted molar refractivity (Wildman–Crippen MR) is 213 cm³/mol. The van der Waals surface area contributed by atoms with Crippen LogP contribution in [0.25, 0.3) is 22.4 Å². The maximum Gasteiger partial charge on any atom is 0.0897 e. The van der Waals surface area contributed by atoms with Crippen LogP contribution in [0.2, 0.25) is 0 Å². The zero-order chi connectivity index (χ0) is 34.9. The Bertz CT molecular complexity index is 2370. The highest BCUT2D eigenvalue weighted by molar-refractivity contribution is 7.85. The third kappa shape index (κ3) is 5.36. The van der Waals surface area contributed by atoms with E-state index in [4.69, 9.17) is 4.98 Å². The number of hydrogen-bond donors (Lipinski definition) is 0. The molecule has 0 saturated carbocycles. The Hall–Kier alpha value is -6.36. The molecule has 0 N–H and O–H groups in total. The maximum absolute atomic E-state index is 14.4. The lowest BCUT2D eigenvalue weighted by molar-refractivity contribution is 0.644. The molecular formula is C48H34N2OS. The van der Waals surface area contributed by atoms with Crippen LogP contribution in [0.3, 0.4) is 0 Å². The average Bonchev–Trinajstić information content (AvgIpc) is 3.23. The molecule has 3 nitrogen and oxygen atoms in total. The Morgan fingerprint density at radius 1 is 0.423 bits per heavy atom. The molecule has 0 saturated heterocycles. The summed E-state index contributed by atoms with van der Waals surface area (Å²) in [7, 11) is -1.36. The van der Waals surface area contributed by atoms with Gasteiger partial charge in [0.1, 0.15) is 0 Å². The lowest BCUT2D eigenvalue weighted by Gasteiger charge is -2.41. The molecule has 1 aliphatic heterocycles. The van der Waals surface area contributed by atoms with E-state index in [9.17, 15) is 4.21 Å². The first kappa shape index (κ1) is 31.6. The van der Waals surface area contributed by atoms with Gasteiger partial charge < -0.3 is 4.90 Å². The minimum atomic E-state index is -1.36. The molecule has 0 unspecified atom stereocenters. The van der Waals surface area contributed by atoms with Gasteiger partial charge in [-0.3, -0.25) is 4.98 Å². The van der Waals surface area contributed by atoms with Crippen LogP contribution in [0.15, 0.2) is 216 Å². The van der Waals surface area contributed by atoms with E-state index in [1.54, 1.807) is 0 Å². The quantitative estimate of drug-likeness (QED) is 0.167. The first-order valence-corrected chi connectivity index (χ1v) is 18.6. The molecule has 7 aromatic carbocycles. The number of hydrogen-bond acceptors (Lipinski definition) is 3. The van der Waals surface area contributed by atoms with Gasteiger partial charge in [0, 0.05) is 32.4 Å². The summed E-state index contributed by atoms with van der Waals surface area (Å²) < 4.78 is 14.4. The maximum atomic E-state index is 14.4. The minimum Gasteiger partial charge on any atom is -0.311 e. The fourth-order valence-electron chi connectivity index (χ4n) is 7.61. The zero-order valence-electron chi connectivity index (χ0n) is 28.3. The molecule has 0 atom stereocenters. The van der Waals surface area contributed by atoms with E-state index >= 15 is 0 Å². The number of fused-ring (bicyclic) bond motifs is 2. The van der Waals surface area contributed by atoms with Gasteiger partial charge in [-0.05, 0) is 88.5 Å². The summed E-state index contributed by atoms with van der Waals surface area (Å²) in [6, 6.07) is 71.4. The molecule has 1 aliphatic rings. The van der Waals surface area contributed by atoms with Crippen LogP contribution in [-0.4, -0.2) is 9.19 Å². The van der Waals surface area contributed by atoms with Crippen molar-refractivity contribution in [3.8, 4) is 22.4 Å². The molecule has 0 fully saturated rings. The van der Waals surface area contributed by atoms with E-state index in [1.165, 1.54) is 0 Å². The monoisotopic (exact) mass is 686 g/mol. The molecule has 248 valence electrons. The van der Waals surface area contributed by atoms with Gasteiger partial charge in [-0.1, -0.05) is 146 Å². The molecule has 52 heavy (non-hydrogen) atoms. The highest BCUT2D eigenvalue weighted by atomic mass is 32.2. The van der Waals surface area contributed by atoms with E-state index in [2.05, 4.69) is 163 Å². The van der Waals surface area contributed by atoms with Crippen molar-refractivity contribution in [2.24, 2.45) is 0 Å². The number of nitrogens with zero attached hydrogens (tertiary/aromatic N) is 2. The number of rotatable bonds is 7. The van der Waals surface area contributed by atoms with Gasteiger partial charge in [-0.15, -0.1) is 0 Å². The van der Waals surface area contributed by atoms with Crippen LogP contribution in [0.1, 0.15) is 22.4 Å². The molecule has 0 aliphatic carbocycles. The van der Waals surface area contributed by atoms with Crippen LogP contribution < -0.4 is 4.90 Å². The van der Waals surface area contributed by atoms with E-state index in [1.807, 2.05) is 48.5 Å². The van der Waals surface area contributed by atoms with Gasteiger partial charge in [0.15, 0.2) is 0 Å². The molecule has 4 heteroatoms. The lowest BCUT2D eigenvalue weighted by atomic mass is 9.66. The number of aromatic nitrogens is 1. The summed E-state index contributed by atoms with van der Waals surface area (Å²) >= 11 is 0. The Morgan fingerprint density at radius 3 is 1.40 bits per heavy atom. The normalized spacial score (nSPS) is 16.0. The van der Waals surface area contributed by atoms with Crippen LogP contribution >= 0.6 is 0 Å². The molecule has 0 spiro atoms. The Kier molecular flexibility index (Phi) is 8.15. The van der Waals surface area contributed by atoms with Gasteiger partial charge in [0.25, 0.3) is 0 Å². The summed E-state index contributed by atoms with van der Waals surface area (Å²) in [5.41, 5.74) is 10.3. The second-order valence-corrected chi connectivity index (χ2v) is 14.3. The molecule has 0 bridgehead atoms. The van der Waals surface area contributed by atoms with E-state index in [-0.39, 0.29) is 0 Å². The van der Waals surface area contributed by atoms with Crippen LogP contribution in [0.5, 0.6) is 0 Å². The third-order valence-electron chi connectivity index (χ3n) is 9.96. The van der Waals surface area contributed by atoms with Crippen molar-refractivity contribution in [3.05, 3.63) is 229 Å². The summed E-state index contributed by atoms with van der Waals surface area (Å²) in [5, 5.41) is 0. The van der Waals surface area contributed by atoms with Gasteiger partial charge in [0.05, 0.1) is 27.6 Å². The number of pyridine rings is 1. The molecular weight excluding hydrogens is 653 g/mol. The summed E-state index contributed by atoms with van der Waals surface area (Å²) in [4.78, 5) is 9.44. The van der Waals surface area contributed by atoms with Crippen molar-refractivity contribution >= 4 is 27.9 Å². The standard InChI is InChI=1S/C48H34N2OS/c51-52-45-27-15-13-25-42(45)48(43-26-14-16-28-46(43)52,47-34-37(35-17-5-1-6-18-35)33-44(49-47)36-19-7-2-8-20-36)38-29-31-41(32-30-38)50(39-21-9-3-10-22-39)40-23-11-4-12-24-40/h1-34H. The van der Waals surface area contributed by atoms with Crippen molar-refractivity contribution in [2.75, 3.05) is 4.90 Å². The van der Waals surface area contributed by atoms with Crippen molar-refractivity contribution in [1.82, 2.24) is 4.98 Å². The summed E-state index contributed by atoms with van der Waals surface area (Å²) in [6.45, 7) is 0. The van der Waals surface area contributed by atoms with Crippen LogP contribution in [-0.2, 0) is 16.2 Å². The van der Waals surface area contributed by atoms with Crippen molar-refractivity contribution in [1.29, 1.82) is 0 Å². The molecule has 9 rings (SSSR count). The minimum absolute atomic E-state index is 0.800. The Labute approximate surface area is 307 Å². The molecule has 2 heterocycles. The van der Waals surface area contributed by atoms with Crippen molar-refractivity contribution in [3.63, 3.8) is 0 Å². The fraction of sp³-hybridized carbons (Fsp3) is 0.0208. The van der Waals surface area contributed by atoms with Crippen molar-refractivity contribution < 1.29 is 4.21 Å². The van der Waals surface area contributed by atoms with Crippen LogP contribution in [0.4, 0.5) is 17.1 Å². The Balaban J connectivity index is 1.34. The third-order valence-corrected chi connectivity index (χ3v) is 11.5. The molecule has 1 aromatic heterocycles. The van der Waals surface area contributed by atoms with E-state index in [0.29, 0.717) is 0 Å². The average molecular weight is 687 g/mol. The highest BCUT2D eigenvalue weighted by Gasteiger charge is 2.47. The first-order chi connectivity index (χ1) is 25.7. The smallest absolute Gasteiger partial charge is 0.0897 e. The van der Waals surface area contributed by atoms with Crippen molar-refractivity contribution in [2.45, 2.75) is 15.2 Å². The van der Waals surface area contributed by atoms with Crippen LogP contribution in [0, 0.1) is 0 Å². The highest BCUT2D eigenvalue weighted by Crippen LogP contribution is 2.53. The SMILES string of the molecule is O=S1c2ccccc2C(c2ccc(N(c3ccccc3)c3ccccc3)cc2)(c2cc(-c3ccccc3)cc(-c3ccccc3)n2)c2ccccc21. The topological polar surface area (TPSA) is 33.2 Å². The fourth-order valence-corrected chi connectivity index (χ4v) is 9.10. The number of para-hydroxylation sites is 2. The van der Waals surface area contributed by atoms with Gasteiger partial charge in [0.2, 0.25) is 0 Å². The van der Waals surface area contributed by atoms with Gasteiger partial charge >= 0.3 is 0 Å². The Morgan fingerprint density at radius 2 is 0.865 bits per heavy atom. The molecule has 8 aromatic rings. The summed E-state index contributed by atoms with van der Waals surface area (Å²) in [5.74, 6) is 0. The van der Waals surface area contributed by atoms with Gasteiger partial charge in [-0.2, -0.15) is 0 Å². The predicted octanol–water partition coefficient (Wildman–Crippen LogP) is 11.7. The molecule has 0 radical (unpaired) electrons. The number of anilines is 3. The number of benzene rings is 7. The zero-order valence-corrected chi connectivity index (χ0v) is 29.2. The molecule has 0 amide bonds. The van der Waals surface area contributed by atoms with E-state index < -0.39 is 16.2 Å². The van der Waals surface area contributed by atoms with Gasteiger partial charge in [-0.25, -0.2) is 4.21 Å². The largest absolute Gasteiger partial charge is 0.311 e. The summed E-state index contributed by atoms with van der Waals surface area (Å²) in [6.07, 6.45) is 0. The first-order valence-electron chi connectivity index (χ1n) is 17.5. The van der Waals surface area contributed by atoms with E-state index in [0.717, 1.165) is 71.6 Å².